The number of halogens is 1. The van der Waals surface area contributed by atoms with Crippen LogP contribution < -0.4 is 5.73 Å². The zero-order valence-electron chi connectivity index (χ0n) is 10.2. The van der Waals surface area contributed by atoms with Crippen molar-refractivity contribution in [3.05, 3.63) is 34.3 Å². The Hall–Kier alpha value is -0.380. The molecule has 94 valence electrons. The van der Waals surface area contributed by atoms with Gasteiger partial charge in [-0.2, -0.15) is 0 Å². The Labute approximate surface area is 112 Å². The van der Waals surface area contributed by atoms with Crippen molar-refractivity contribution >= 4 is 15.9 Å². The van der Waals surface area contributed by atoms with E-state index < -0.39 is 0 Å². The minimum absolute atomic E-state index is 0.802. The maximum absolute atomic E-state index is 5.66. The molecule has 0 saturated carbocycles. The Morgan fingerprint density at radius 1 is 1.35 bits per heavy atom. The van der Waals surface area contributed by atoms with Crippen LogP contribution in [0.1, 0.15) is 24.8 Å². The van der Waals surface area contributed by atoms with Crippen LogP contribution in [0.2, 0.25) is 0 Å². The summed E-state index contributed by atoms with van der Waals surface area (Å²) >= 11 is 3.62. The van der Waals surface area contributed by atoms with Crippen LogP contribution in [-0.2, 0) is 6.54 Å². The van der Waals surface area contributed by atoms with Gasteiger partial charge in [0.1, 0.15) is 0 Å². The molecule has 1 saturated heterocycles. The van der Waals surface area contributed by atoms with Gasteiger partial charge in [-0.1, -0.05) is 34.1 Å². The average Bonchev–Trinajstić information content (AvgIpc) is 2.33. The predicted octanol–water partition coefficient (Wildman–Crippen LogP) is 3.01. The first-order valence-corrected chi connectivity index (χ1v) is 7.24. The second kappa shape index (κ2) is 6.53. The molecule has 2 rings (SSSR count). The molecule has 17 heavy (non-hydrogen) atoms. The van der Waals surface area contributed by atoms with E-state index in [0.29, 0.717) is 0 Å². The van der Waals surface area contributed by atoms with Gasteiger partial charge < -0.3 is 5.73 Å². The third-order valence-electron chi connectivity index (χ3n) is 3.53. The molecule has 1 aromatic carbocycles. The number of piperidine rings is 1. The summed E-state index contributed by atoms with van der Waals surface area (Å²) in [5.41, 5.74) is 7.05. The molecule has 2 nitrogen and oxygen atoms in total. The lowest BCUT2D eigenvalue weighted by atomic mass is 9.94. The van der Waals surface area contributed by atoms with E-state index in [4.69, 9.17) is 5.73 Å². The molecule has 1 atom stereocenters. The first-order valence-electron chi connectivity index (χ1n) is 6.45. The molecule has 0 amide bonds. The fourth-order valence-electron chi connectivity index (χ4n) is 2.63. The van der Waals surface area contributed by atoms with E-state index in [-0.39, 0.29) is 0 Å². The number of hydrogen-bond acceptors (Lipinski definition) is 2. The molecule has 0 bridgehead atoms. The standard InChI is InChI=1S/C14H21BrN2/c15-14-6-2-1-5-13(14)11-17-9-3-4-12(10-17)7-8-16/h1-2,5-6,12H,3-4,7-11,16H2. The second-order valence-corrected chi connectivity index (χ2v) is 5.77. The van der Waals surface area contributed by atoms with Crippen LogP contribution >= 0.6 is 15.9 Å². The highest BCUT2D eigenvalue weighted by molar-refractivity contribution is 9.10. The molecule has 3 heteroatoms. The fourth-order valence-corrected chi connectivity index (χ4v) is 3.04. The smallest absolute Gasteiger partial charge is 0.0245 e. The van der Waals surface area contributed by atoms with Crippen LogP contribution in [0.4, 0.5) is 0 Å². The van der Waals surface area contributed by atoms with Crippen molar-refractivity contribution in [3.8, 4) is 0 Å². The van der Waals surface area contributed by atoms with Crippen LogP contribution in [0, 0.1) is 5.92 Å². The lowest BCUT2D eigenvalue weighted by Gasteiger charge is -2.32. The van der Waals surface area contributed by atoms with E-state index >= 15 is 0 Å². The van der Waals surface area contributed by atoms with E-state index in [2.05, 4.69) is 45.1 Å². The SMILES string of the molecule is NCCC1CCCN(Cc2ccccc2Br)C1. The Bertz CT molecular complexity index is 352. The van der Waals surface area contributed by atoms with Crippen molar-refractivity contribution in [1.29, 1.82) is 0 Å². The molecule has 0 radical (unpaired) electrons. The minimum atomic E-state index is 0.802. The van der Waals surface area contributed by atoms with Crippen LogP contribution in [0.3, 0.4) is 0 Å². The van der Waals surface area contributed by atoms with Crippen molar-refractivity contribution < 1.29 is 0 Å². The Kier molecular flexibility index (Phi) is 5.01. The molecule has 1 unspecified atom stereocenters. The van der Waals surface area contributed by atoms with Crippen molar-refractivity contribution in [3.63, 3.8) is 0 Å². The van der Waals surface area contributed by atoms with E-state index in [0.717, 1.165) is 19.0 Å². The van der Waals surface area contributed by atoms with Crippen molar-refractivity contribution in [2.45, 2.75) is 25.8 Å². The average molecular weight is 297 g/mol. The van der Waals surface area contributed by atoms with Gasteiger partial charge in [-0.05, 0) is 49.9 Å². The summed E-state index contributed by atoms with van der Waals surface area (Å²) in [4.78, 5) is 2.56. The molecule has 0 spiro atoms. The van der Waals surface area contributed by atoms with E-state index in [1.165, 1.54) is 42.4 Å². The molecule has 0 aliphatic carbocycles. The summed E-state index contributed by atoms with van der Waals surface area (Å²) in [6.07, 6.45) is 3.84. The van der Waals surface area contributed by atoms with Crippen LogP contribution in [0.15, 0.2) is 28.7 Å². The van der Waals surface area contributed by atoms with Gasteiger partial charge in [0.25, 0.3) is 0 Å². The fraction of sp³-hybridized carbons (Fsp3) is 0.571. The highest BCUT2D eigenvalue weighted by atomic mass is 79.9. The normalized spacial score (nSPS) is 21.6. The minimum Gasteiger partial charge on any atom is -0.330 e. The monoisotopic (exact) mass is 296 g/mol. The quantitative estimate of drug-likeness (QED) is 0.925. The first-order chi connectivity index (χ1) is 8.29. The molecule has 0 aromatic heterocycles. The molecule has 1 aliphatic rings. The van der Waals surface area contributed by atoms with Crippen molar-refractivity contribution in [2.24, 2.45) is 11.7 Å². The van der Waals surface area contributed by atoms with Gasteiger partial charge in [0, 0.05) is 17.6 Å². The Balaban J connectivity index is 1.92. The second-order valence-electron chi connectivity index (χ2n) is 4.91. The predicted molar refractivity (Wildman–Crippen MR) is 75.8 cm³/mol. The van der Waals surface area contributed by atoms with Crippen LogP contribution in [-0.4, -0.2) is 24.5 Å². The molecule has 1 heterocycles. The van der Waals surface area contributed by atoms with Gasteiger partial charge in [-0.25, -0.2) is 0 Å². The summed E-state index contributed by atoms with van der Waals surface area (Å²) in [6, 6.07) is 8.51. The summed E-state index contributed by atoms with van der Waals surface area (Å²) in [6.45, 7) is 4.32. The highest BCUT2D eigenvalue weighted by Crippen LogP contribution is 2.23. The molecule has 1 aliphatic heterocycles. The third-order valence-corrected chi connectivity index (χ3v) is 4.30. The largest absolute Gasteiger partial charge is 0.330 e. The lowest BCUT2D eigenvalue weighted by Crippen LogP contribution is -2.35. The maximum Gasteiger partial charge on any atom is 0.0245 e. The number of rotatable bonds is 4. The third kappa shape index (κ3) is 3.80. The zero-order chi connectivity index (χ0) is 12.1. The number of likely N-dealkylation sites (tertiary alicyclic amines) is 1. The lowest BCUT2D eigenvalue weighted by molar-refractivity contribution is 0.163. The summed E-state index contributed by atoms with van der Waals surface area (Å²) in [5, 5.41) is 0. The maximum atomic E-state index is 5.66. The van der Waals surface area contributed by atoms with Gasteiger partial charge in [0.2, 0.25) is 0 Å². The van der Waals surface area contributed by atoms with Gasteiger partial charge >= 0.3 is 0 Å². The first kappa shape index (κ1) is 13.1. The number of benzene rings is 1. The molecule has 1 fully saturated rings. The van der Waals surface area contributed by atoms with E-state index in [1.54, 1.807) is 0 Å². The van der Waals surface area contributed by atoms with Gasteiger partial charge in [-0.15, -0.1) is 0 Å². The van der Waals surface area contributed by atoms with E-state index in [9.17, 15) is 0 Å². The van der Waals surface area contributed by atoms with Gasteiger partial charge in [0.05, 0.1) is 0 Å². The summed E-state index contributed by atoms with van der Waals surface area (Å²) in [7, 11) is 0. The Morgan fingerprint density at radius 2 is 2.18 bits per heavy atom. The molecule has 1 aromatic rings. The molecular weight excluding hydrogens is 276 g/mol. The van der Waals surface area contributed by atoms with Crippen LogP contribution in [0.25, 0.3) is 0 Å². The molecular formula is C14H21BrN2. The Morgan fingerprint density at radius 3 is 2.94 bits per heavy atom. The van der Waals surface area contributed by atoms with Crippen molar-refractivity contribution in [2.75, 3.05) is 19.6 Å². The number of hydrogen-bond donors (Lipinski definition) is 1. The van der Waals surface area contributed by atoms with Gasteiger partial charge in [-0.3, -0.25) is 4.90 Å². The topological polar surface area (TPSA) is 29.3 Å². The van der Waals surface area contributed by atoms with Crippen molar-refractivity contribution in [1.82, 2.24) is 4.90 Å². The van der Waals surface area contributed by atoms with Gasteiger partial charge in [0.15, 0.2) is 0 Å². The summed E-state index contributed by atoms with van der Waals surface area (Å²) in [5.74, 6) is 0.802. The summed E-state index contributed by atoms with van der Waals surface area (Å²) < 4.78 is 1.22. The number of nitrogens with zero attached hydrogens (tertiary/aromatic N) is 1. The van der Waals surface area contributed by atoms with E-state index in [1.807, 2.05) is 0 Å². The van der Waals surface area contributed by atoms with Crippen LogP contribution in [0.5, 0.6) is 0 Å². The molecule has 2 N–H and O–H groups in total. The number of nitrogens with two attached hydrogens (primary N) is 1. The highest BCUT2D eigenvalue weighted by Gasteiger charge is 2.19. The zero-order valence-corrected chi connectivity index (χ0v) is 11.8.